The molecule has 4 N–H and O–H groups in total. The summed E-state index contributed by atoms with van der Waals surface area (Å²) in [6, 6.07) is 15.8. The molecule has 1 saturated heterocycles. The molecular formula is C29H32FN7. The van der Waals surface area contributed by atoms with Crippen molar-refractivity contribution >= 4 is 27.6 Å². The molecule has 4 heterocycles. The van der Waals surface area contributed by atoms with Gasteiger partial charge < -0.3 is 20.5 Å². The van der Waals surface area contributed by atoms with Crippen molar-refractivity contribution in [2.24, 2.45) is 0 Å². The Morgan fingerprint density at radius 3 is 2.73 bits per heavy atom. The van der Waals surface area contributed by atoms with Gasteiger partial charge in [-0.1, -0.05) is 6.07 Å². The highest BCUT2D eigenvalue weighted by Gasteiger charge is 2.19. The van der Waals surface area contributed by atoms with Crippen LogP contribution in [0.3, 0.4) is 0 Å². The number of hydrogen-bond donors (Lipinski definition) is 4. The fourth-order valence-corrected chi connectivity index (χ4v) is 5.32. The van der Waals surface area contributed by atoms with Gasteiger partial charge in [-0.05, 0) is 105 Å². The fraction of sp³-hybridized carbons (Fsp3) is 0.310. The SMILES string of the molecule is CN(C)CCNc1cc(F)cc(-c2ccnc3[nH]c(-c4n[nH]c5ccc(C6CCNCC6)cc45)cc23)c1. The van der Waals surface area contributed by atoms with E-state index in [9.17, 15) is 4.39 Å². The minimum atomic E-state index is -0.269. The van der Waals surface area contributed by atoms with Crippen LogP contribution >= 0.6 is 0 Å². The van der Waals surface area contributed by atoms with Gasteiger partial charge in [-0.25, -0.2) is 9.37 Å². The lowest BCUT2D eigenvalue weighted by Crippen LogP contribution is -2.26. The summed E-state index contributed by atoms with van der Waals surface area (Å²) < 4.78 is 14.6. The zero-order valence-electron chi connectivity index (χ0n) is 21.2. The number of halogens is 1. The van der Waals surface area contributed by atoms with Crippen LogP contribution in [0.15, 0.2) is 54.7 Å². The third-order valence-electron chi connectivity index (χ3n) is 7.28. The van der Waals surface area contributed by atoms with Gasteiger partial charge >= 0.3 is 0 Å². The van der Waals surface area contributed by atoms with E-state index in [4.69, 9.17) is 0 Å². The summed E-state index contributed by atoms with van der Waals surface area (Å²) in [4.78, 5) is 10.1. The molecule has 0 saturated carbocycles. The fourth-order valence-electron chi connectivity index (χ4n) is 5.32. The Bertz CT molecular complexity index is 1550. The third-order valence-corrected chi connectivity index (χ3v) is 7.28. The van der Waals surface area contributed by atoms with Gasteiger partial charge in [-0.15, -0.1) is 0 Å². The molecule has 1 fully saturated rings. The number of H-pyrrole nitrogens is 2. The average molecular weight is 498 g/mol. The van der Waals surface area contributed by atoms with Crippen LogP contribution in [0.25, 0.3) is 44.5 Å². The molecule has 190 valence electrons. The normalized spacial score (nSPS) is 14.7. The van der Waals surface area contributed by atoms with Gasteiger partial charge in [0.05, 0.1) is 11.2 Å². The zero-order valence-corrected chi connectivity index (χ0v) is 21.2. The maximum absolute atomic E-state index is 14.6. The van der Waals surface area contributed by atoms with Gasteiger partial charge in [-0.2, -0.15) is 5.10 Å². The van der Waals surface area contributed by atoms with Gasteiger partial charge in [0.1, 0.15) is 17.2 Å². The lowest BCUT2D eigenvalue weighted by atomic mass is 9.89. The smallest absolute Gasteiger partial charge is 0.138 e. The summed E-state index contributed by atoms with van der Waals surface area (Å²) >= 11 is 0. The van der Waals surface area contributed by atoms with Crippen LogP contribution in [0.4, 0.5) is 10.1 Å². The average Bonchev–Trinajstić information content (AvgIpc) is 3.52. The highest BCUT2D eigenvalue weighted by atomic mass is 19.1. The van der Waals surface area contributed by atoms with Crippen molar-refractivity contribution < 1.29 is 4.39 Å². The number of hydrogen-bond acceptors (Lipinski definition) is 5. The lowest BCUT2D eigenvalue weighted by molar-refractivity contribution is 0.425. The molecule has 1 aliphatic rings. The maximum Gasteiger partial charge on any atom is 0.138 e. The number of aromatic amines is 2. The number of fused-ring (bicyclic) bond motifs is 2. The highest BCUT2D eigenvalue weighted by Crippen LogP contribution is 2.36. The van der Waals surface area contributed by atoms with E-state index < -0.39 is 0 Å². The van der Waals surface area contributed by atoms with E-state index >= 15 is 0 Å². The Kier molecular flexibility index (Phi) is 6.36. The topological polar surface area (TPSA) is 84.7 Å². The summed E-state index contributed by atoms with van der Waals surface area (Å²) in [6.07, 6.45) is 4.07. The van der Waals surface area contributed by atoms with E-state index in [1.54, 1.807) is 12.3 Å². The van der Waals surface area contributed by atoms with Crippen molar-refractivity contribution in [1.82, 2.24) is 30.4 Å². The number of likely N-dealkylation sites (N-methyl/N-ethyl adjacent to an activating group) is 1. The predicted octanol–water partition coefficient (Wildman–Crippen LogP) is 5.35. The molecule has 0 bridgehead atoms. The van der Waals surface area contributed by atoms with Crippen LogP contribution in [-0.4, -0.2) is 65.3 Å². The van der Waals surface area contributed by atoms with Crippen molar-refractivity contribution in [2.45, 2.75) is 18.8 Å². The number of pyridine rings is 1. The van der Waals surface area contributed by atoms with Crippen LogP contribution in [-0.2, 0) is 0 Å². The summed E-state index contributed by atoms with van der Waals surface area (Å²) in [7, 11) is 4.04. The van der Waals surface area contributed by atoms with Crippen LogP contribution in [0.1, 0.15) is 24.3 Å². The second-order valence-corrected chi connectivity index (χ2v) is 10.2. The van der Waals surface area contributed by atoms with Gasteiger partial charge in [0.15, 0.2) is 0 Å². The molecule has 7 nitrogen and oxygen atoms in total. The van der Waals surface area contributed by atoms with Gasteiger partial charge in [-0.3, -0.25) is 5.10 Å². The number of aromatic nitrogens is 4. The van der Waals surface area contributed by atoms with Crippen LogP contribution in [0.2, 0.25) is 0 Å². The molecule has 2 aromatic carbocycles. The Morgan fingerprint density at radius 1 is 1.03 bits per heavy atom. The van der Waals surface area contributed by atoms with Crippen molar-refractivity contribution in [2.75, 3.05) is 45.6 Å². The van der Waals surface area contributed by atoms with Crippen molar-refractivity contribution in [3.05, 3.63) is 66.1 Å². The number of benzene rings is 2. The summed E-state index contributed by atoms with van der Waals surface area (Å²) in [6.45, 7) is 3.72. The first-order valence-corrected chi connectivity index (χ1v) is 12.9. The standard InChI is InChI=1S/C29H32FN7/c1-37(2)12-11-32-22-14-20(13-21(30)16-22)23-7-10-33-29-24(23)17-27(34-29)28-25-15-19(3-4-26(25)35-36-28)18-5-8-31-9-6-18/h3-4,7,10,13-18,31-32H,5-6,8-9,11-12H2,1-2H3,(H,33,34)(H,35,36). The largest absolute Gasteiger partial charge is 0.384 e. The van der Waals surface area contributed by atoms with Gasteiger partial charge in [0, 0.05) is 35.7 Å². The first-order valence-electron chi connectivity index (χ1n) is 12.9. The molecule has 37 heavy (non-hydrogen) atoms. The Balaban J connectivity index is 1.37. The molecule has 0 amide bonds. The maximum atomic E-state index is 14.6. The minimum absolute atomic E-state index is 0.269. The molecule has 0 aliphatic carbocycles. The van der Waals surface area contributed by atoms with Crippen molar-refractivity contribution in [3.63, 3.8) is 0 Å². The van der Waals surface area contributed by atoms with Crippen LogP contribution < -0.4 is 10.6 Å². The Labute approximate surface area is 215 Å². The molecule has 0 atom stereocenters. The van der Waals surface area contributed by atoms with Crippen molar-refractivity contribution in [3.8, 4) is 22.5 Å². The number of nitrogens with one attached hydrogen (secondary N) is 4. The van der Waals surface area contributed by atoms with E-state index in [2.05, 4.69) is 60.0 Å². The van der Waals surface area contributed by atoms with E-state index in [0.29, 0.717) is 5.92 Å². The molecule has 0 unspecified atom stereocenters. The van der Waals surface area contributed by atoms with E-state index in [-0.39, 0.29) is 5.82 Å². The van der Waals surface area contributed by atoms with Crippen molar-refractivity contribution in [1.29, 1.82) is 0 Å². The number of piperidine rings is 1. The van der Waals surface area contributed by atoms with E-state index in [0.717, 1.165) is 89.2 Å². The molecule has 8 heteroatoms. The molecule has 3 aromatic heterocycles. The minimum Gasteiger partial charge on any atom is -0.384 e. The molecular weight excluding hydrogens is 465 g/mol. The van der Waals surface area contributed by atoms with Gasteiger partial charge in [0.25, 0.3) is 0 Å². The number of rotatable bonds is 7. The second-order valence-electron chi connectivity index (χ2n) is 10.2. The number of anilines is 1. The quantitative estimate of drug-likeness (QED) is 0.244. The Hall–Kier alpha value is -3.75. The molecule has 1 aliphatic heterocycles. The van der Waals surface area contributed by atoms with E-state index in [1.165, 1.54) is 11.6 Å². The zero-order chi connectivity index (χ0) is 25.4. The molecule has 5 aromatic rings. The first-order chi connectivity index (χ1) is 18.0. The van der Waals surface area contributed by atoms with Crippen LogP contribution in [0.5, 0.6) is 0 Å². The third kappa shape index (κ3) is 4.82. The molecule has 0 spiro atoms. The summed E-state index contributed by atoms with van der Waals surface area (Å²) in [5, 5.41) is 16.7. The van der Waals surface area contributed by atoms with Crippen LogP contribution in [0, 0.1) is 5.82 Å². The monoisotopic (exact) mass is 497 g/mol. The second kappa shape index (κ2) is 9.95. The number of nitrogens with zero attached hydrogens (tertiary/aromatic N) is 3. The Morgan fingerprint density at radius 2 is 1.89 bits per heavy atom. The molecule has 0 radical (unpaired) electrons. The lowest BCUT2D eigenvalue weighted by Gasteiger charge is -2.23. The highest BCUT2D eigenvalue weighted by molar-refractivity contribution is 6.00. The summed E-state index contributed by atoms with van der Waals surface area (Å²) in [5.41, 5.74) is 7.40. The van der Waals surface area contributed by atoms with E-state index in [1.807, 2.05) is 26.2 Å². The van der Waals surface area contributed by atoms with Gasteiger partial charge in [0.2, 0.25) is 0 Å². The predicted molar refractivity (Wildman–Crippen MR) is 148 cm³/mol. The molecule has 6 rings (SSSR count). The first kappa shape index (κ1) is 23.6. The summed E-state index contributed by atoms with van der Waals surface area (Å²) in [5.74, 6) is 0.298.